The van der Waals surface area contributed by atoms with Crippen LogP contribution in [-0.2, 0) is 10.0 Å². The Morgan fingerprint density at radius 3 is 2.55 bits per heavy atom. The molecule has 0 radical (unpaired) electrons. The van der Waals surface area contributed by atoms with Gasteiger partial charge in [-0.05, 0) is 74.6 Å². The number of benzene rings is 2. The number of sulfonamides is 1. The molecule has 0 unspecified atom stereocenters. The van der Waals surface area contributed by atoms with Crippen molar-refractivity contribution in [2.24, 2.45) is 0 Å². The SMILES string of the molecule is O=C(Nc1ccc(Br)cc1)c1cc(S(=O)(=O)NCCC2=CCCCC2)ccc1F. The van der Waals surface area contributed by atoms with Gasteiger partial charge in [0.1, 0.15) is 5.82 Å². The van der Waals surface area contributed by atoms with E-state index in [9.17, 15) is 17.6 Å². The van der Waals surface area contributed by atoms with Crippen molar-refractivity contribution in [1.29, 1.82) is 0 Å². The molecule has 1 aliphatic rings. The lowest BCUT2D eigenvalue weighted by Crippen LogP contribution is -2.26. The number of amides is 1. The molecular weight excluding hydrogens is 459 g/mol. The second-order valence-corrected chi connectivity index (χ2v) is 9.54. The zero-order chi connectivity index (χ0) is 20.9. The van der Waals surface area contributed by atoms with E-state index in [0.717, 1.165) is 41.9 Å². The molecule has 5 nitrogen and oxygen atoms in total. The van der Waals surface area contributed by atoms with Gasteiger partial charge in [-0.3, -0.25) is 4.79 Å². The first kappa shape index (κ1) is 21.7. The number of rotatable bonds is 7. The maximum atomic E-state index is 14.2. The lowest BCUT2D eigenvalue weighted by molar-refractivity contribution is 0.102. The Labute approximate surface area is 178 Å². The molecule has 3 rings (SSSR count). The minimum atomic E-state index is -3.84. The Morgan fingerprint density at radius 2 is 1.86 bits per heavy atom. The van der Waals surface area contributed by atoms with Crippen molar-refractivity contribution in [3.8, 4) is 0 Å². The van der Waals surface area contributed by atoms with Gasteiger partial charge in [-0.25, -0.2) is 17.5 Å². The van der Waals surface area contributed by atoms with Gasteiger partial charge in [0.25, 0.3) is 5.91 Å². The fraction of sp³-hybridized carbons (Fsp3) is 0.286. The molecular formula is C21H22BrFN2O3S. The standard InChI is InChI=1S/C21H22BrFN2O3S/c22-16-6-8-17(9-7-16)25-21(26)19-14-18(10-11-20(19)23)29(27,28)24-13-12-15-4-2-1-3-5-15/h4,6-11,14,24H,1-3,5,12-13H2,(H,25,26). The Balaban J connectivity index is 1.70. The van der Waals surface area contributed by atoms with E-state index in [-0.39, 0.29) is 17.0 Å². The quantitative estimate of drug-likeness (QED) is 0.546. The summed E-state index contributed by atoms with van der Waals surface area (Å²) in [6, 6.07) is 10.00. The molecule has 0 fully saturated rings. The van der Waals surface area contributed by atoms with E-state index in [1.807, 2.05) is 0 Å². The van der Waals surface area contributed by atoms with Gasteiger partial charge < -0.3 is 5.32 Å². The summed E-state index contributed by atoms with van der Waals surface area (Å²) < 4.78 is 42.7. The third kappa shape index (κ3) is 5.98. The van der Waals surface area contributed by atoms with Crippen LogP contribution in [0.4, 0.5) is 10.1 Å². The number of allylic oxidation sites excluding steroid dienone is 1. The van der Waals surface area contributed by atoms with Crippen LogP contribution in [0, 0.1) is 5.82 Å². The van der Waals surface area contributed by atoms with Gasteiger partial charge in [0.2, 0.25) is 10.0 Å². The maximum absolute atomic E-state index is 14.2. The molecule has 2 aromatic carbocycles. The Kier molecular flexibility index (Phi) is 7.21. The van der Waals surface area contributed by atoms with Crippen LogP contribution >= 0.6 is 15.9 Å². The normalized spacial score (nSPS) is 14.3. The van der Waals surface area contributed by atoms with Crippen LogP contribution in [0.3, 0.4) is 0 Å². The lowest BCUT2D eigenvalue weighted by Gasteiger charge is -2.13. The predicted molar refractivity (Wildman–Crippen MR) is 115 cm³/mol. The van der Waals surface area contributed by atoms with Gasteiger partial charge in [-0.15, -0.1) is 0 Å². The van der Waals surface area contributed by atoms with Crippen LogP contribution in [0.1, 0.15) is 42.5 Å². The molecule has 154 valence electrons. The molecule has 0 aromatic heterocycles. The monoisotopic (exact) mass is 480 g/mol. The molecule has 0 bridgehead atoms. The third-order valence-electron chi connectivity index (χ3n) is 4.72. The zero-order valence-electron chi connectivity index (χ0n) is 15.8. The van der Waals surface area contributed by atoms with Gasteiger partial charge in [0, 0.05) is 16.7 Å². The highest BCUT2D eigenvalue weighted by Gasteiger charge is 2.19. The van der Waals surface area contributed by atoms with E-state index in [4.69, 9.17) is 0 Å². The third-order valence-corrected chi connectivity index (χ3v) is 6.71. The zero-order valence-corrected chi connectivity index (χ0v) is 18.2. The minimum Gasteiger partial charge on any atom is -0.322 e. The molecule has 0 heterocycles. The summed E-state index contributed by atoms with van der Waals surface area (Å²) in [5.74, 6) is -1.50. The van der Waals surface area contributed by atoms with Gasteiger partial charge >= 0.3 is 0 Å². The molecule has 0 aliphatic heterocycles. The fourth-order valence-corrected chi connectivity index (χ4v) is 4.46. The predicted octanol–water partition coefficient (Wildman–Crippen LogP) is 5.01. The van der Waals surface area contributed by atoms with Crippen LogP contribution in [-0.4, -0.2) is 20.9 Å². The Bertz CT molecular complexity index is 1020. The molecule has 0 atom stereocenters. The van der Waals surface area contributed by atoms with Crippen molar-refractivity contribution in [3.05, 3.63) is 70.0 Å². The molecule has 0 saturated heterocycles. The van der Waals surface area contributed by atoms with Gasteiger partial charge in [-0.2, -0.15) is 0 Å². The van der Waals surface area contributed by atoms with Gasteiger partial charge in [0.15, 0.2) is 0 Å². The van der Waals surface area contributed by atoms with Crippen molar-refractivity contribution in [3.63, 3.8) is 0 Å². The van der Waals surface area contributed by atoms with Crippen LogP contribution in [0.2, 0.25) is 0 Å². The lowest BCUT2D eigenvalue weighted by atomic mass is 9.97. The maximum Gasteiger partial charge on any atom is 0.258 e. The van der Waals surface area contributed by atoms with Gasteiger partial charge in [-0.1, -0.05) is 27.6 Å². The van der Waals surface area contributed by atoms with Crippen LogP contribution < -0.4 is 10.0 Å². The first-order valence-corrected chi connectivity index (χ1v) is 11.7. The number of carbonyl (C=O) groups excluding carboxylic acids is 1. The molecule has 2 aromatic rings. The van der Waals surface area contributed by atoms with E-state index in [1.165, 1.54) is 12.0 Å². The Hall–Kier alpha value is -2.03. The number of hydrogen-bond acceptors (Lipinski definition) is 3. The summed E-state index contributed by atoms with van der Waals surface area (Å²) in [6.07, 6.45) is 7.16. The molecule has 0 saturated carbocycles. The molecule has 1 aliphatic carbocycles. The summed E-state index contributed by atoms with van der Waals surface area (Å²) in [6.45, 7) is 0.270. The van der Waals surface area contributed by atoms with E-state index < -0.39 is 21.7 Å². The molecule has 0 spiro atoms. The number of nitrogens with one attached hydrogen (secondary N) is 2. The van der Waals surface area contributed by atoms with E-state index in [0.29, 0.717) is 12.1 Å². The second kappa shape index (κ2) is 9.65. The van der Waals surface area contributed by atoms with Crippen LogP contribution in [0.25, 0.3) is 0 Å². The number of carbonyl (C=O) groups is 1. The largest absolute Gasteiger partial charge is 0.322 e. The fourth-order valence-electron chi connectivity index (χ4n) is 3.14. The second-order valence-electron chi connectivity index (χ2n) is 6.86. The van der Waals surface area contributed by atoms with E-state index >= 15 is 0 Å². The number of anilines is 1. The van der Waals surface area contributed by atoms with Gasteiger partial charge in [0.05, 0.1) is 10.5 Å². The van der Waals surface area contributed by atoms with Crippen molar-refractivity contribution >= 4 is 37.5 Å². The smallest absolute Gasteiger partial charge is 0.258 e. The van der Waals surface area contributed by atoms with E-state index in [1.54, 1.807) is 24.3 Å². The van der Waals surface area contributed by atoms with Crippen molar-refractivity contribution in [1.82, 2.24) is 4.72 Å². The van der Waals surface area contributed by atoms with Crippen molar-refractivity contribution < 1.29 is 17.6 Å². The first-order chi connectivity index (χ1) is 13.8. The minimum absolute atomic E-state index is 0.141. The van der Waals surface area contributed by atoms with Crippen LogP contribution in [0.5, 0.6) is 0 Å². The summed E-state index contributed by atoms with van der Waals surface area (Å²) in [4.78, 5) is 12.3. The average Bonchev–Trinajstić information content (AvgIpc) is 2.70. The summed E-state index contributed by atoms with van der Waals surface area (Å²) in [5, 5.41) is 2.57. The summed E-state index contributed by atoms with van der Waals surface area (Å²) >= 11 is 3.30. The summed E-state index contributed by atoms with van der Waals surface area (Å²) in [5.41, 5.74) is 1.41. The van der Waals surface area contributed by atoms with Crippen LogP contribution in [0.15, 0.2) is 63.5 Å². The molecule has 1 amide bonds. The summed E-state index contributed by atoms with van der Waals surface area (Å²) in [7, 11) is -3.84. The highest BCUT2D eigenvalue weighted by Crippen LogP contribution is 2.21. The number of hydrogen-bond donors (Lipinski definition) is 2. The highest BCUT2D eigenvalue weighted by atomic mass is 79.9. The van der Waals surface area contributed by atoms with E-state index in [2.05, 4.69) is 32.0 Å². The topological polar surface area (TPSA) is 75.3 Å². The molecule has 2 N–H and O–H groups in total. The molecule has 29 heavy (non-hydrogen) atoms. The van der Waals surface area contributed by atoms with Crippen molar-refractivity contribution in [2.45, 2.75) is 37.0 Å². The Morgan fingerprint density at radius 1 is 1.10 bits per heavy atom. The first-order valence-electron chi connectivity index (χ1n) is 9.39. The molecule has 8 heteroatoms. The number of halogens is 2. The highest BCUT2D eigenvalue weighted by molar-refractivity contribution is 9.10. The average molecular weight is 481 g/mol. The van der Waals surface area contributed by atoms with Crippen molar-refractivity contribution in [2.75, 3.05) is 11.9 Å².